The molecule has 2 aromatic carbocycles. The molecule has 0 spiro atoms. The highest BCUT2D eigenvalue weighted by Gasteiger charge is 2.37. The molecule has 35 heavy (non-hydrogen) atoms. The van der Waals surface area contributed by atoms with E-state index in [0.29, 0.717) is 6.42 Å². The molecule has 8 heteroatoms. The molecule has 0 fully saturated rings. The first-order valence-corrected chi connectivity index (χ1v) is 11.2. The van der Waals surface area contributed by atoms with Gasteiger partial charge >= 0.3 is 0 Å². The molecule has 172 valence electrons. The SMILES string of the molecule is C[C@H](NC(=O)c1nccnc1N)C1=[N+](c2ccccc2)c2c(C#Cc3cnn(C)c3)cccc2C1. The summed E-state index contributed by atoms with van der Waals surface area (Å²) in [5.41, 5.74) is 11.9. The summed E-state index contributed by atoms with van der Waals surface area (Å²) in [6.07, 6.45) is 7.22. The smallest absolute Gasteiger partial charge is 0.274 e. The quantitative estimate of drug-likeness (QED) is 0.359. The Morgan fingerprint density at radius 3 is 2.66 bits per heavy atom. The van der Waals surface area contributed by atoms with Gasteiger partial charge in [-0.2, -0.15) is 9.67 Å². The molecule has 1 aliphatic heterocycles. The molecular weight excluding hydrogens is 438 g/mol. The number of aromatic nitrogens is 4. The van der Waals surface area contributed by atoms with Crippen molar-refractivity contribution in [3.05, 3.63) is 95.7 Å². The van der Waals surface area contributed by atoms with Gasteiger partial charge < -0.3 is 11.1 Å². The third-order valence-corrected chi connectivity index (χ3v) is 5.85. The standard InChI is InChI=1S/C27H23N7O/c1-18(32-27(35)24-26(28)30-14-13-29-24)23-15-21-8-6-7-20(12-11-19-16-31-33(2)17-19)25(21)34(23)22-9-4-3-5-10-22/h3-10,13-14,16-18H,15H2,1-2H3,(H2-,28,30,32,35)/p+1/t18-/m0/s1. The van der Waals surface area contributed by atoms with Gasteiger partial charge in [-0.1, -0.05) is 42.2 Å². The lowest BCUT2D eigenvalue weighted by Crippen LogP contribution is -2.42. The zero-order valence-corrected chi connectivity index (χ0v) is 19.4. The number of nitrogens with two attached hydrogens (primary N) is 1. The van der Waals surface area contributed by atoms with Crippen molar-refractivity contribution in [2.24, 2.45) is 7.05 Å². The molecule has 1 aliphatic rings. The summed E-state index contributed by atoms with van der Waals surface area (Å²) in [4.78, 5) is 21.0. The Labute approximate surface area is 203 Å². The van der Waals surface area contributed by atoms with E-state index in [1.807, 2.05) is 50.5 Å². The average Bonchev–Trinajstić information content (AvgIpc) is 3.47. The number of rotatable bonds is 4. The number of hydrogen-bond donors (Lipinski definition) is 2. The van der Waals surface area contributed by atoms with Crippen LogP contribution in [0.3, 0.4) is 0 Å². The second kappa shape index (κ2) is 9.23. The number of aryl methyl sites for hydroxylation is 1. The Morgan fingerprint density at radius 1 is 1.11 bits per heavy atom. The summed E-state index contributed by atoms with van der Waals surface area (Å²) in [6, 6.07) is 15.9. The van der Waals surface area contributed by atoms with E-state index in [0.717, 1.165) is 33.8 Å². The van der Waals surface area contributed by atoms with Crippen LogP contribution in [-0.4, -0.2) is 37.4 Å². The van der Waals surface area contributed by atoms with Crippen molar-refractivity contribution in [1.29, 1.82) is 0 Å². The third kappa shape index (κ3) is 4.39. The van der Waals surface area contributed by atoms with Gasteiger partial charge in [-0.05, 0) is 13.0 Å². The molecule has 0 saturated heterocycles. The molecule has 2 aromatic heterocycles. The first-order valence-electron chi connectivity index (χ1n) is 11.2. The predicted molar refractivity (Wildman–Crippen MR) is 136 cm³/mol. The van der Waals surface area contributed by atoms with E-state index in [2.05, 4.69) is 55.0 Å². The lowest BCUT2D eigenvalue weighted by Gasteiger charge is -2.13. The van der Waals surface area contributed by atoms with E-state index in [1.165, 1.54) is 12.4 Å². The number of anilines is 1. The fourth-order valence-corrected chi connectivity index (χ4v) is 4.23. The van der Waals surface area contributed by atoms with Gasteiger partial charge in [0.25, 0.3) is 5.91 Å². The van der Waals surface area contributed by atoms with Crippen LogP contribution in [0, 0.1) is 11.8 Å². The normalized spacial score (nSPS) is 13.1. The fourth-order valence-electron chi connectivity index (χ4n) is 4.23. The van der Waals surface area contributed by atoms with Crippen LogP contribution in [0.1, 0.15) is 34.1 Å². The van der Waals surface area contributed by atoms with Crippen molar-refractivity contribution in [1.82, 2.24) is 29.6 Å². The summed E-state index contributed by atoms with van der Waals surface area (Å²) < 4.78 is 3.92. The summed E-state index contributed by atoms with van der Waals surface area (Å²) in [7, 11) is 1.87. The molecule has 5 rings (SSSR count). The van der Waals surface area contributed by atoms with Gasteiger partial charge in [0.15, 0.2) is 17.2 Å². The number of nitrogens with one attached hydrogen (secondary N) is 1. The number of carbonyl (C=O) groups excluding carboxylic acids is 1. The second-order valence-electron chi connectivity index (χ2n) is 8.29. The van der Waals surface area contributed by atoms with Crippen LogP contribution in [0.2, 0.25) is 0 Å². The molecule has 1 atom stereocenters. The number of amides is 1. The lowest BCUT2D eigenvalue weighted by molar-refractivity contribution is 0.0944. The van der Waals surface area contributed by atoms with E-state index in [1.54, 1.807) is 10.9 Å². The topological polar surface area (TPSA) is 102 Å². The van der Waals surface area contributed by atoms with Crippen LogP contribution in [-0.2, 0) is 13.5 Å². The molecule has 8 nitrogen and oxygen atoms in total. The van der Waals surface area contributed by atoms with Crippen molar-refractivity contribution in [2.75, 3.05) is 5.73 Å². The van der Waals surface area contributed by atoms with Gasteiger partial charge in [0.1, 0.15) is 6.04 Å². The van der Waals surface area contributed by atoms with E-state index >= 15 is 0 Å². The van der Waals surface area contributed by atoms with Crippen molar-refractivity contribution < 1.29 is 4.79 Å². The summed E-state index contributed by atoms with van der Waals surface area (Å²) in [5.74, 6) is 6.28. The summed E-state index contributed by atoms with van der Waals surface area (Å²) >= 11 is 0. The predicted octanol–water partition coefficient (Wildman–Crippen LogP) is 2.84. The van der Waals surface area contributed by atoms with E-state index in [-0.39, 0.29) is 23.5 Å². The van der Waals surface area contributed by atoms with Gasteiger partial charge in [-0.3, -0.25) is 9.48 Å². The minimum atomic E-state index is -0.365. The van der Waals surface area contributed by atoms with Gasteiger partial charge in [0.2, 0.25) is 11.4 Å². The number of para-hydroxylation sites is 2. The number of benzene rings is 2. The lowest BCUT2D eigenvalue weighted by atomic mass is 10.0. The van der Waals surface area contributed by atoms with E-state index in [4.69, 9.17) is 5.73 Å². The van der Waals surface area contributed by atoms with Crippen LogP contribution in [0.25, 0.3) is 0 Å². The second-order valence-corrected chi connectivity index (χ2v) is 8.29. The fraction of sp³-hybridized carbons (Fsp3) is 0.148. The highest BCUT2D eigenvalue weighted by Crippen LogP contribution is 2.34. The molecule has 0 bridgehead atoms. The van der Waals surface area contributed by atoms with Crippen molar-refractivity contribution in [2.45, 2.75) is 19.4 Å². The molecule has 3 N–H and O–H groups in total. The Morgan fingerprint density at radius 2 is 1.91 bits per heavy atom. The number of carbonyl (C=O) groups is 1. The van der Waals surface area contributed by atoms with E-state index in [9.17, 15) is 4.79 Å². The summed E-state index contributed by atoms with van der Waals surface area (Å²) in [5, 5.41) is 7.25. The first-order chi connectivity index (χ1) is 17.0. The zero-order valence-electron chi connectivity index (χ0n) is 19.4. The molecular formula is C27H24N7O+. The van der Waals surface area contributed by atoms with Crippen LogP contribution < -0.4 is 15.6 Å². The van der Waals surface area contributed by atoms with Crippen LogP contribution >= 0.6 is 0 Å². The largest absolute Gasteiger partial charge is 0.382 e. The molecule has 0 unspecified atom stereocenters. The number of hydrogen-bond acceptors (Lipinski definition) is 5. The van der Waals surface area contributed by atoms with Crippen molar-refractivity contribution in [3.63, 3.8) is 0 Å². The van der Waals surface area contributed by atoms with Crippen molar-refractivity contribution in [3.8, 4) is 11.8 Å². The summed E-state index contributed by atoms with van der Waals surface area (Å²) in [6.45, 7) is 1.96. The molecule has 4 aromatic rings. The maximum atomic E-state index is 12.9. The highest BCUT2D eigenvalue weighted by atomic mass is 16.2. The molecule has 1 amide bonds. The van der Waals surface area contributed by atoms with Crippen molar-refractivity contribution >= 4 is 28.8 Å². The Hall–Kier alpha value is -4.77. The maximum Gasteiger partial charge on any atom is 0.274 e. The average molecular weight is 463 g/mol. The zero-order chi connectivity index (χ0) is 24.4. The monoisotopic (exact) mass is 462 g/mol. The maximum absolute atomic E-state index is 12.9. The van der Waals surface area contributed by atoms with Gasteiger partial charge in [0.05, 0.1) is 23.7 Å². The third-order valence-electron chi connectivity index (χ3n) is 5.85. The Balaban J connectivity index is 1.57. The van der Waals surface area contributed by atoms with Gasteiger partial charge in [-0.15, -0.1) is 0 Å². The molecule has 0 aliphatic carbocycles. The minimum absolute atomic E-state index is 0.102. The Bertz CT molecular complexity index is 1510. The molecule has 3 heterocycles. The molecule has 0 radical (unpaired) electrons. The van der Waals surface area contributed by atoms with Gasteiger partial charge in [0, 0.05) is 43.3 Å². The van der Waals surface area contributed by atoms with Crippen LogP contribution in [0.5, 0.6) is 0 Å². The molecule has 0 saturated carbocycles. The van der Waals surface area contributed by atoms with Gasteiger partial charge in [-0.25, -0.2) is 9.97 Å². The van der Waals surface area contributed by atoms with Crippen LogP contribution in [0.15, 0.2) is 73.3 Å². The van der Waals surface area contributed by atoms with E-state index < -0.39 is 0 Å². The highest BCUT2D eigenvalue weighted by molar-refractivity contribution is 6.05. The minimum Gasteiger partial charge on any atom is -0.382 e. The number of nitrogen functional groups attached to an aromatic ring is 1. The first kappa shape index (κ1) is 22.0. The Kier molecular flexibility index (Phi) is 5.81. The number of fused-ring (bicyclic) bond motifs is 1. The van der Waals surface area contributed by atoms with Crippen LogP contribution in [0.4, 0.5) is 17.2 Å². The number of nitrogens with zero attached hydrogens (tertiary/aromatic N) is 5.